The van der Waals surface area contributed by atoms with Crippen LogP contribution in [0.1, 0.15) is 39.0 Å². The largest absolute Gasteiger partial charge is 0.354 e. The molecule has 0 amide bonds. The van der Waals surface area contributed by atoms with Crippen LogP contribution in [-0.4, -0.2) is 5.97 Å². The fourth-order valence-corrected chi connectivity index (χ4v) is 4.59. The Hall–Kier alpha value is -0.650. The van der Waals surface area contributed by atoms with Gasteiger partial charge in [-0.05, 0) is 49.4 Å². The Labute approximate surface area is 95.0 Å². The zero-order valence-corrected chi connectivity index (χ0v) is 9.58. The van der Waals surface area contributed by atoms with E-state index in [0.717, 1.165) is 24.7 Å². The van der Waals surface area contributed by atoms with Crippen LogP contribution >= 0.6 is 0 Å². The van der Waals surface area contributed by atoms with E-state index in [0.29, 0.717) is 0 Å². The number of nitrogens with one attached hydrogen (secondary N) is 2. The summed E-state index contributed by atoms with van der Waals surface area (Å²) >= 11 is 0. The van der Waals surface area contributed by atoms with E-state index in [9.17, 15) is 4.79 Å². The first-order chi connectivity index (χ1) is 7.62. The average Bonchev–Trinajstić information content (AvgIpc) is 2.73. The predicted molar refractivity (Wildman–Crippen MR) is 57.2 cm³/mol. The van der Waals surface area contributed by atoms with Crippen molar-refractivity contribution in [2.75, 3.05) is 0 Å². The molecular formula is C11H19N3O2. The average molecular weight is 225 g/mol. The van der Waals surface area contributed by atoms with Crippen molar-refractivity contribution >= 4 is 5.97 Å². The number of hydrazine groups is 2. The summed E-state index contributed by atoms with van der Waals surface area (Å²) in [5.41, 5.74) is 4.45. The number of hydrogen-bond donors (Lipinski definition) is 3. The van der Waals surface area contributed by atoms with Crippen molar-refractivity contribution in [2.24, 2.45) is 28.5 Å². The molecule has 0 saturated heterocycles. The lowest BCUT2D eigenvalue weighted by molar-refractivity contribution is -0.162. The topological polar surface area (TPSA) is 76.4 Å². The van der Waals surface area contributed by atoms with Crippen LogP contribution in [0.5, 0.6) is 0 Å². The molecule has 5 nitrogen and oxygen atoms in total. The van der Waals surface area contributed by atoms with Crippen molar-refractivity contribution in [3.05, 3.63) is 0 Å². The number of nitrogens with two attached hydrogens (primary N) is 1. The maximum atomic E-state index is 12.0. The lowest BCUT2D eigenvalue weighted by atomic mass is 9.77. The summed E-state index contributed by atoms with van der Waals surface area (Å²) in [6.07, 6.45) is 5.73. The van der Waals surface area contributed by atoms with Crippen LogP contribution in [0, 0.1) is 22.7 Å². The summed E-state index contributed by atoms with van der Waals surface area (Å²) in [5.74, 6) is 6.39. The molecule has 3 aliphatic rings. The van der Waals surface area contributed by atoms with E-state index in [4.69, 9.17) is 10.7 Å². The first-order valence-corrected chi connectivity index (χ1v) is 6.04. The van der Waals surface area contributed by atoms with Gasteiger partial charge in [-0.15, -0.1) is 0 Å². The molecule has 1 spiro atoms. The predicted octanol–water partition coefficient (Wildman–Crippen LogP) is 0.629. The molecule has 4 N–H and O–H groups in total. The summed E-state index contributed by atoms with van der Waals surface area (Å²) in [6, 6.07) is 0. The summed E-state index contributed by atoms with van der Waals surface area (Å²) in [4.78, 5) is 17.0. The fourth-order valence-electron chi connectivity index (χ4n) is 4.59. The lowest BCUT2D eigenvalue weighted by Gasteiger charge is -2.28. The third-order valence-electron chi connectivity index (χ3n) is 4.92. The highest BCUT2D eigenvalue weighted by Crippen LogP contribution is 2.80. The van der Waals surface area contributed by atoms with Gasteiger partial charge in [0.2, 0.25) is 0 Å². The van der Waals surface area contributed by atoms with Crippen molar-refractivity contribution in [2.45, 2.75) is 39.0 Å². The Kier molecular flexibility index (Phi) is 2.09. The smallest absolute Gasteiger partial charge is 0.333 e. The molecule has 0 aliphatic heterocycles. The molecule has 4 atom stereocenters. The van der Waals surface area contributed by atoms with Gasteiger partial charge in [-0.2, -0.15) is 5.53 Å². The molecule has 0 aromatic heterocycles. The molecule has 2 bridgehead atoms. The Morgan fingerprint density at radius 2 is 2.25 bits per heavy atom. The number of fused-ring (bicyclic) bond motifs is 1. The standard InChI is InChI=1S/C11H19N3O2/c1-7-2-8-4-10(3-7)6-11(10,5-8)9(15)16-14-13-12/h7-8,13-14H,2-6,12H2,1H3. The normalized spacial score (nSPS) is 48.6. The van der Waals surface area contributed by atoms with Gasteiger partial charge in [0, 0.05) is 0 Å². The molecule has 90 valence electrons. The first kappa shape index (κ1) is 10.5. The van der Waals surface area contributed by atoms with E-state index < -0.39 is 0 Å². The van der Waals surface area contributed by atoms with Crippen LogP contribution < -0.4 is 17.0 Å². The molecule has 0 aromatic rings. The van der Waals surface area contributed by atoms with Gasteiger partial charge in [0.05, 0.1) is 5.41 Å². The molecule has 5 heteroatoms. The van der Waals surface area contributed by atoms with E-state index in [2.05, 4.69) is 18.0 Å². The third kappa shape index (κ3) is 1.19. The molecular weight excluding hydrogens is 206 g/mol. The Balaban J connectivity index is 1.75. The van der Waals surface area contributed by atoms with E-state index >= 15 is 0 Å². The molecule has 0 aromatic carbocycles. The minimum Gasteiger partial charge on any atom is -0.354 e. The highest BCUT2D eigenvalue weighted by Gasteiger charge is 2.77. The highest BCUT2D eigenvalue weighted by atomic mass is 16.7. The molecule has 3 saturated carbocycles. The van der Waals surface area contributed by atoms with Gasteiger partial charge in [-0.3, -0.25) is 5.84 Å². The number of hydrogen-bond acceptors (Lipinski definition) is 5. The second kappa shape index (κ2) is 3.18. The zero-order valence-electron chi connectivity index (χ0n) is 9.58. The van der Waals surface area contributed by atoms with E-state index in [1.807, 2.05) is 0 Å². The quantitative estimate of drug-likeness (QED) is 0.485. The summed E-state index contributed by atoms with van der Waals surface area (Å²) in [5, 5.41) is 0. The maximum absolute atomic E-state index is 12.0. The van der Waals surface area contributed by atoms with Crippen LogP contribution in [0.4, 0.5) is 0 Å². The first-order valence-electron chi connectivity index (χ1n) is 6.04. The van der Waals surface area contributed by atoms with Gasteiger partial charge in [0.15, 0.2) is 0 Å². The second-order valence-corrected chi connectivity index (χ2v) is 5.99. The second-order valence-electron chi connectivity index (χ2n) is 5.99. The van der Waals surface area contributed by atoms with Crippen LogP contribution in [0.3, 0.4) is 0 Å². The molecule has 0 radical (unpaired) electrons. The van der Waals surface area contributed by atoms with Crippen LogP contribution in [0.2, 0.25) is 0 Å². The van der Waals surface area contributed by atoms with Gasteiger partial charge in [0.25, 0.3) is 0 Å². The van der Waals surface area contributed by atoms with Gasteiger partial charge in [-0.1, -0.05) is 12.5 Å². The SMILES string of the molecule is CC1CC2CC3(C1)CC3(C(=O)ONNN)C2. The van der Waals surface area contributed by atoms with Gasteiger partial charge >= 0.3 is 5.97 Å². The van der Waals surface area contributed by atoms with Crippen LogP contribution in [0.15, 0.2) is 0 Å². The maximum Gasteiger partial charge on any atom is 0.333 e. The van der Waals surface area contributed by atoms with E-state index in [-0.39, 0.29) is 16.8 Å². The molecule has 3 rings (SSSR count). The minimum absolute atomic E-state index is 0.123. The Morgan fingerprint density at radius 3 is 3.00 bits per heavy atom. The van der Waals surface area contributed by atoms with Gasteiger partial charge < -0.3 is 4.84 Å². The van der Waals surface area contributed by atoms with E-state index in [1.165, 1.54) is 19.3 Å². The van der Waals surface area contributed by atoms with Gasteiger partial charge in [-0.25, -0.2) is 4.79 Å². The van der Waals surface area contributed by atoms with E-state index in [1.54, 1.807) is 0 Å². The highest BCUT2D eigenvalue weighted by molar-refractivity contribution is 5.82. The van der Waals surface area contributed by atoms with Crippen molar-refractivity contribution < 1.29 is 9.63 Å². The minimum atomic E-state index is -0.188. The Morgan fingerprint density at radius 1 is 1.44 bits per heavy atom. The summed E-state index contributed by atoms with van der Waals surface area (Å²) in [7, 11) is 0. The number of carbonyl (C=O) groups excluding carboxylic acids is 1. The lowest BCUT2D eigenvalue weighted by Crippen LogP contribution is -2.41. The van der Waals surface area contributed by atoms with Crippen LogP contribution in [0.25, 0.3) is 0 Å². The summed E-state index contributed by atoms with van der Waals surface area (Å²) < 4.78 is 0. The van der Waals surface area contributed by atoms with Crippen molar-refractivity contribution in [1.82, 2.24) is 11.1 Å². The van der Waals surface area contributed by atoms with Crippen molar-refractivity contribution in [3.8, 4) is 0 Å². The molecule has 4 unspecified atom stereocenters. The van der Waals surface area contributed by atoms with Crippen molar-refractivity contribution in [3.63, 3.8) is 0 Å². The molecule has 16 heavy (non-hydrogen) atoms. The molecule has 3 fully saturated rings. The zero-order chi connectivity index (χ0) is 11.4. The van der Waals surface area contributed by atoms with Crippen molar-refractivity contribution in [1.29, 1.82) is 0 Å². The third-order valence-corrected chi connectivity index (χ3v) is 4.92. The van der Waals surface area contributed by atoms with Crippen LogP contribution in [-0.2, 0) is 9.63 Å². The number of rotatable bonds is 3. The van der Waals surface area contributed by atoms with Gasteiger partial charge in [0.1, 0.15) is 0 Å². The summed E-state index contributed by atoms with van der Waals surface area (Å²) in [6.45, 7) is 2.30. The molecule has 3 aliphatic carbocycles. The monoisotopic (exact) mass is 225 g/mol. The fraction of sp³-hybridized carbons (Fsp3) is 0.909. The number of carbonyl (C=O) groups is 1. The molecule has 0 heterocycles. The Bertz CT molecular complexity index is 335.